The van der Waals surface area contributed by atoms with Crippen molar-refractivity contribution >= 4 is 5.82 Å². The molecule has 2 aliphatic heterocycles. The molecule has 3 rings (SSSR count). The van der Waals surface area contributed by atoms with Crippen molar-refractivity contribution in [3.8, 4) is 6.07 Å². The standard InChI is InChI=1S/C15H19N3O/c1-12-15(5-9-19-10-6-15)4-8-18(12)14-13(11-16)3-2-7-17-14/h2-3,7,12H,4-6,8-10H2,1H3/t12-/m0/s1. The minimum Gasteiger partial charge on any atom is -0.381 e. The van der Waals surface area contributed by atoms with E-state index >= 15 is 0 Å². The molecule has 1 aromatic heterocycles. The summed E-state index contributed by atoms with van der Waals surface area (Å²) in [5.41, 5.74) is 1.03. The fraction of sp³-hybridized carbons (Fsp3) is 0.600. The predicted octanol–water partition coefficient (Wildman–Crippen LogP) is 2.35. The van der Waals surface area contributed by atoms with Crippen LogP contribution in [-0.4, -0.2) is 30.8 Å². The summed E-state index contributed by atoms with van der Waals surface area (Å²) in [7, 11) is 0. The zero-order valence-electron chi connectivity index (χ0n) is 11.3. The highest BCUT2D eigenvalue weighted by molar-refractivity contribution is 5.55. The Morgan fingerprint density at radius 3 is 2.95 bits per heavy atom. The summed E-state index contributed by atoms with van der Waals surface area (Å²) >= 11 is 0. The van der Waals surface area contributed by atoms with Crippen molar-refractivity contribution in [3.05, 3.63) is 23.9 Å². The lowest BCUT2D eigenvalue weighted by atomic mass is 9.74. The van der Waals surface area contributed by atoms with Crippen LogP contribution in [0.5, 0.6) is 0 Å². The number of nitriles is 1. The third-order valence-electron chi connectivity index (χ3n) is 4.87. The third-order valence-corrected chi connectivity index (χ3v) is 4.87. The Kier molecular flexibility index (Phi) is 3.16. The molecule has 19 heavy (non-hydrogen) atoms. The summed E-state index contributed by atoms with van der Waals surface area (Å²) in [5.74, 6) is 0.848. The second kappa shape index (κ2) is 4.82. The van der Waals surface area contributed by atoms with Gasteiger partial charge in [-0.2, -0.15) is 5.26 Å². The molecule has 4 heteroatoms. The Bertz CT molecular complexity index is 502. The van der Waals surface area contributed by atoms with E-state index in [0.717, 1.165) is 38.4 Å². The van der Waals surface area contributed by atoms with Gasteiger partial charge in [-0.25, -0.2) is 4.98 Å². The van der Waals surface area contributed by atoms with E-state index < -0.39 is 0 Å². The molecule has 0 bridgehead atoms. The van der Waals surface area contributed by atoms with Crippen LogP contribution in [0.15, 0.2) is 18.3 Å². The number of ether oxygens (including phenoxy) is 1. The fourth-order valence-corrected chi connectivity index (χ4v) is 3.52. The first-order valence-corrected chi connectivity index (χ1v) is 6.96. The van der Waals surface area contributed by atoms with Gasteiger partial charge in [-0.1, -0.05) is 0 Å². The SMILES string of the molecule is C[C@@H]1N(c2ncccc2C#N)CCC12CCOCC2. The van der Waals surface area contributed by atoms with Crippen molar-refractivity contribution in [3.63, 3.8) is 0 Å². The first-order valence-electron chi connectivity index (χ1n) is 6.96. The summed E-state index contributed by atoms with van der Waals surface area (Å²) < 4.78 is 5.50. The van der Waals surface area contributed by atoms with Crippen LogP contribution in [0.25, 0.3) is 0 Å². The van der Waals surface area contributed by atoms with E-state index in [1.165, 1.54) is 6.42 Å². The normalized spacial score (nSPS) is 25.5. The maximum absolute atomic E-state index is 9.23. The molecule has 2 saturated heterocycles. The van der Waals surface area contributed by atoms with Crippen LogP contribution < -0.4 is 4.90 Å². The first-order chi connectivity index (χ1) is 9.27. The topological polar surface area (TPSA) is 49.2 Å². The van der Waals surface area contributed by atoms with Gasteiger partial charge in [0.15, 0.2) is 0 Å². The molecule has 100 valence electrons. The Morgan fingerprint density at radius 2 is 2.21 bits per heavy atom. The number of anilines is 1. The summed E-state index contributed by atoms with van der Waals surface area (Å²) in [6.45, 7) is 5.00. The molecule has 1 aromatic rings. The Morgan fingerprint density at radius 1 is 1.42 bits per heavy atom. The van der Waals surface area contributed by atoms with Gasteiger partial charge in [-0.15, -0.1) is 0 Å². The van der Waals surface area contributed by atoms with Gasteiger partial charge >= 0.3 is 0 Å². The van der Waals surface area contributed by atoms with E-state index in [2.05, 4.69) is 22.9 Å². The van der Waals surface area contributed by atoms with Crippen LogP contribution in [0.1, 0.15) is 31.7 Å². The molecule has 2 aliphatic rings. The summed E-state index contributed by atoms with van der Waals surface area (Å²) in [6, 6.07) is 6.36. The largest absolute Gasteiger partial charge is 0.381 e. The van der Waals surface area contributed by atoms with Crippen molar-refractivity contribution in [1.29, 1.82) is 5.26 Å². The van der Waals surface area contributed by atoms with Crippen molar-refractivity contribution < 1.29 is 4.74 Å². The number of rotatable bonds is 1. The van der Waals surface area contributed by atoms with Gasteiger partial charge in [0.1, 0.15) is 11.9 Å². The minimum atomic E-state index is 0.350. The third kappa shape index (κ3) is 1.98. The molecule has 0 unspecified atom stereocenters. The molecule has 1 spiro atoms. The fourth-order valence-electron chi connectivity index (χ4n) is 3.52. The zero-order chi connectivity index (χ0) is 13.3. The lowest BCUT2D eigenvalue weighted by molar-refractivity contribution is 0.0128. The maximum atomic E-state index is 9.23. The van der Waals surface area contributed by atoms with E-state index in [1.807, 2.05) is 12.1 Å². The van der Waals surface area contributed by atoms with Gasteiger partial charge in [-0.05, 0) is 43.7 Å². The lowest BCUT2D eigenvalue weighted by Gasteiger charge is -2.39. The van der Waals surface area contributed by atoms with Crippen LogP contribution in [0.3, 0.4) is 0 Å². The average molecular weight is 257 g/mol. The number of pyridine rings is 1. The maximum Gasteiger partial charge on any atom is 0.146 e. The van der Waals surface area contributed by atoms with E-state index in [1.54, 1.807) is 6.20 Å². The molecular weight excluding hydrogens is 238 g/mol. The molecule has 0 aromatic carbocycles. The van der Waals surface area contributed by atoms with Gasteiger partial charge in [0, 0.05) is 32.0 Å². The second-order valence-electron chi connectivity index (χ2n) is 5.58. The molecule has 3 heterocycles. The molecule has 0 aliphatic carbocycles. The minimum absolute atomic E-state index is 0.350. The molecular formula is C15H19N3O. The van der Waals surface area contributed by atoms with Crippen molar-refractivity contribution in [1.82, 2.24) is 4.98 Å². The van der Waals surface area contributed by atoms with Gasteiger partial charge in [0.2, 0.25) is 0 Å². The number of hydrogen-bond donors (Lipinski definition) is 0. The van der Waals surface area contributed by atoms with Gasteiger partial charge in [0.05, 0.1) is 5.56 Å². The number of aromatic nitrogens is 1. The number of nitrogens with zero attached hydrogens (tertiary/aromatic N) is 3. The highest BCUT2D eigenvalue weighted by Gasteiger charge is 2.46. The molecule has 0 N–H and O–H groups in total. The smallest absolute Gasteiger partial charge is 0.146 e. The Labute approximate surface area is 114 Å². The molecule has 4 nitrogen and oxygen atoms in total. The monoisotopic (exact) mass is 257 g/mol. The summed E-state index contributed by atoms with van der Waals surface area (Å²) in [6.07, 6.45) is 5.20. The van der Waals surface area contributed by atoms with Gasteiger partial charge in [-0.3, -0.25) is 0 Å². The summed E-state index contributed by atoms with van der Waals surface area (Å²) in [4.78, 5) is 6.74. The van der Waals surface area contributed by atoms with Crippen molar-refractivity contribution in [2.24, 2.45) is 5.41 Å². The molecule has 2 fully saturated rings. The van der Waals surface area contributed by atoms with E-state index in [-0.39, 0.29) is 0 Å². The van der Waals surface area contributed by atoms with Crippen LogP contribution in [-0.2, 0) is 4.74 Å². The van der Waals surface area contributed by atoms with Gasteiger partial charge < -0.3 is 9.64 Å². The van der Waals surface area contributed by atoms with E-state index in [4.69, 9.17) is 4.74 Å². The van der Waals surface area contributed by atoms with E-state index in [0.29, 0.717) is 17.0 Å². The van der Waals surface area contributed by atoms with Crippen LogP contribution in [0.4, 0.5) is 5.82 Å². The summed E-state index contributed by atoms with van der Waals surface area (Å²) in [5, 5.41) is 9.23. The van der Waals surface area contributed by atoms with Crippen molar-refractivity contribution in [2.45, 2.75) is 32.2 Å². The average Bonchev–Trinajstić information content (AvgIpc) is 2.77. The van der Waals surface area contributed by atoms with E-state index in [9.17, 15) is 5.26 Å². The highest BCUT2D eigenvalue weighted by Crippen LogP contribution is 2.46. The first kappa shape index (κ1) is 12.4. The zero-order valence-corrected chi connectivity index (χ0v) is 11.3. The van der Waals surface area contributed by atoms with Crippen LogP contribution >= 0.6 is 0 Å². The quantitative estimate of drug-likeness (QED) is 0.775. The van der Waals surface area contributed by atoms with Crippen molar-refractivity contribution in [2.75, 3.05) is 24.7 Å². The predicted molar refractivity (Wildman–Crippen MR) is 72.9 cm³/mol. The molecule has 0 amide bonds. The lowest BCUT2D eigenvalue weighted by Crippen LogP contribution is -2.41. The Hall–Kier alpha value is -1.60. The number of hydrogen-bond acceptors (Lipinski definition) is 4. The Balaban J connectivity index is 1.89. The molecule has 1 atom stereocenters. The van der Waals surface area contributed by atoms with Crippen LogP contribution in [0.2, 0.25) is 0 Å². The highest BCUT2D eigenvalue weighted by atomic mass is 16.5. The molecule has 0 saturated carbocycles. The molecule has 0 radical (unpaired) electrons. The van der Waals surface area contributed by atoms with Crippen LogP contribution in [0, 0.1) is 16.7 Å². The van der Waals surface area contributed by atoms with Gasteiger partial charge in [0.25, 0.3) is 0 Å². The second-order valence-corrected chi connectivity index (χ2v) is 5.58.